The third kappa shape index (κ3) is 3.62. The van der Waals surface area contributed by atoms with Crippen LogP contribution in [0.3, 0.4) is 0 Å². The summed E-state index contributed by atoms with van der Waals surface area (Å²) in [4.78, 5) is 0. The molecule has 1 atom stereocenters. The highest BCUT2D eigenvalue weighted by Crippen LogP contribution is 2.45. The Hall–Kier alpha value is -2.28. The first-order chi connectivity index (χ1) is 11.1. The highest BCUT2D eigenvalue weighted by atomic mass is 19.4. The van der Waals surface area contributed by atoms with Crippen LogP contribution in [0.4, 0.5) is 26.3 Å². The van der Waals surface area contributed by atoms with Gasteiger partial charge in [0.1, 0.15) is 0 Å². The summed E-state index contributed by atoms with van der Waals surface area (Å²) in [5.41, 5.74) is -6.26. The Labute approximate surface area is 133 Å². The van der Waals surface area contributed by atoms with Crippen molar-refractivity contribution in [2.45, 2.75) is 18.0 Å². The maximum atomic E-state index is 13.4. The second-order valence-electron chi connectivity index (χ2n) is 5.05. The van der Waals surface area contributed by atoms with Gasteiger partial charge in [0.05, 0.1) is 5.56 Å². The molecule has 0 spiro atoms. The fourth-order valence-corrected chi connectivity index (χ4v) is 2.18. The molecular weight excluding hydrogens is 334 g/mol. The molecule has 0 saturated carbocycles. The molecule has 0 heterocycles. The summed E-state index contributed by atoms with van der Waals surface area (Å²) in [7, 11) is 0. The molecule has 0 fully saturated rings. The normalized spacial score (nSPS) is 15.5. The summed E-state index contributed by atoms with van der Waals surface area (Å²) in [6.07, 6.45) is -9.11. The lowest BCUT2D eigenvalue weighted by Crippen LogP contribution is -2.42. The molecule has 0 aliphatic heterocycles. The molecule has 128 valence electrons. The van der Waals surface area contributed by atoms with Crippen LogP contribution in [0.2, 0.25) is 0 Å². The standard InChI is InChI=1S/C17H12F6O/c18-16(19,20)14-9-5-4-8-13(14)15(24,17(21,22)23)11-10-12-6-2-1-3-7-12/h1-11,24H. The van der Waals surface area contributed by atoms with E-state index in [1.54, 1.807) is 18.2 Å². The Balaban J connectivity index is 2.61. The van der Waals surface area contributed by atoms with Gasteiger partial charge in [-0.3, -0.25) is 0 Å². The van der Waals surface area contributed by atoms with E-state index >= 15 is 0 Å². The van der Waals surface area contributed by atoms with E-state index < -0.39 is 29.1 Å². The van der Waals surface area contributed by atoms with Crippen LogP contribution in [0, 0.1) is 0 Å². The number of hydrogen-bond acceptors (Lipinski definition) is 1. The molecule has 1 N–H and O–H groups in total. The summed E-state index contributed by atoms with van der Waals surface area (Å²) < 4.78 is 79.3. The minimum Gasteiger partial charge on any atom is -0.373 e. The van der Waals surface area contributed by atoms with E-state index in [0.29, 0.717) is 23.8 Å². The molecule has 1 nitrogen and oxygen atoms in total. The number of rotatable bonds is 3. The van der Waals surface area contributed by atoms with Gasteiger partial charge in [-0.2, -0.15) is 26.3 Å². The molecule has 0 radical (unpaired) electrons. The molecule has 2 aromatic rings. The van der Waals surface area contributed by atoms with Crippen LogP contribution < -0.4 is 0 Å². The Kier molecular flexibility index (Phi) is 4.75. The minimum atomic E-state index is -5.33. The smallest absolute Gasteiger partial charge is 0.373 e. The van der Waals surface area contributed by atoms with Crippen LogP contribution in [0.1, 0.15) is 16.7 Å². The van der Waals surface area contributed by atoms with Gasteiger partial charge in [-0.15, -0.1) is 0 Å². The van der Waals surface area contributed by atoms with Gasteiger partial charge in [0.2, 0.25) is 5.60 Å². The first kappa shape index (κ1) is 18.1. The molecule has 0 aliphatic rings. The minimum absolute atomic E-state index is 0.310. The number of benzene rings is 2. The van der Waals surface area contributed by atoms with Gasteiger partial charge >= 0.3 is 12.4 Å². The second kappa shape index (κ2) is 6.32. The monoisotopic (exact) mass is 346 g/mol. The van der Waals surface area contributed by atoms with Crippen LogP contribution in [-0.4, -0.2) is 11.3 Å². The Morgan fingerprint density at radius 1 is 0.708 bits per heavy atom. The van der Waals surface area contributed by atoms with E-state index in [-0.39, 0.29) is 0 Å². The molecule has 0 aromatic heterocycles. The zero-order valence-corrected chi connectivity index (χ0v) is 12.1. The lowest BCUT2D eigenvalue weighted by molar-refractivity contribution is -0.246. The van der Waals surface area contributed by atoms with Gasteiger partial charge in [-0.1, -0.05) is 54.6 Å². The first-order valence-corrected chi connectivity index (χ1v) is 6.76. The quantitative estimate of drug-likeness (QED) is 0.761. The average molecular weight is 346 g/mol. The molecule has 0 amide bonds. The number of aliphatic hydroxyl groups is 1. The van der Waals surface area contributed by atoms with Crippen LogP contribution in [0.15, 0.2) is 60.7 Å². The lowest BCUT2D eigenvalue weighted by Gasteiger charge is -2.30. The molecule has 0 aliphatic carbocycles. The van der Waals surface area contributed by atoms with E-state index in [4.69, 9.17) is 0 Å². The summed E-state index contributed by atoms with van der Waals surface area (Å²) in [6, 6.07) is 10.7. The van der Waals surface area contributed by atoms with Crippen molar-refractivity contribution >= 4 is 6.08 Å². The predicted octanol–water partition coefficient (Wildman–Crippen LogP) is 5.17. The highest BCUT2D eigenvalue weighted by molar-refractivity contribution is 5.53. The zero-order chi connectivity index (χ0) is 18.0. The van der Waals surface area contributed by atoms with Gasteiger partial charge in [0, 0.05) is 5.56 Å². The van der Waals surface area contributed by atoms with Crippen molar-refractivity contribution in [2.75, 3.05) is 0 Å². The second-order valence-corrected chi connectivity index (χ2v) is 5.05. The van der Waals surface area contributed by atoms with Gasteiger partial charge in [0.25, 0.3) is 0 Å². The maximum absolute atomic E-state index is 13.4. The molecule has 0 bridgehead atoms. The molecule has 0 saturated heterocycles. The molecular formula is C17H12F6O. The summed E-state index contributed by atoms with van der Waals surface area (Å²) >= 11 is 0. The van der Waals surface area contributed by atoms with Gasteiger partial charge in [-0.25, -0.2) is 0 Å². The Morgan fingerprint density at radius 2 is 1.21 bits per heavy atom. The van der Waals surface area contributed by atoms with Crippen molar-refractivity contribution in [2.24, 2.45) is 0 Å². The summed E-state index contributed by atoms with van der Waals surface area (Å²) in [5, 5.41) is 10.1. The van der Waals surface area contributed by atoms with Crippen LogP contribution in [0.5, 0.6) is 0 Å². The van der Waals surface area contributed by atoms with E-state index in [1.807, 2.05) is 0 Å². The Morgan fingerprint density at radius 3 is 1.71 bits per heavy atom. The lowest BCUT2D eigenvalue weighted by atomic mass is 9.88. The number of halogens is 6. The summed E-state index contributed by atoms with van der Waals surface area (Å²) in [6.45, 7) is 0. The van der Waals surface area contributed by atoms with E-state index in [0.717, 1.165) is 18.2 Å². The van der Waals surface area contributed by atoms with E-state index in [2.05, 4.69) is 0 Å². The van der Waals surface area contributed by atoms with E-state index in [9.17, 15) is 31.4 Å². The predicted molar refractivity (Wildman–Crippen MR) is 76.9 cm³/mol. The summed E-state index contributed by atoms with van der Waals surface area (Å²) in [5.74, 6) is 0. The Bertz CT molecular complexity index is 718. The number of alkyl halides is 6. The van der Waals surface area contributed by atoms with Crippen molar-refractivity contribution in [3.63, 3.8) is 0 Å². The van der Waals surface area contributed by atoms with Crippen molar-refractivity contribution in [1.82, 2.24) is 0 Å². The van der Waals surface area contributed by atoms with Crippen molar-refractivity contribution < 1.29 is 31.4 Å². The van der Waals surface area contributed by atoms with Gasteiger partial charge < -0.3 is 5.11 Å². The third-order valence-corrected chi connectivity index (χ3v) is 3.39. The van der Waals surface area contributed by atoms with Crippen LogP contribution >= 0.6 is 0 Å². The van der Waals surface area contributed by atoms with Crippen LogP contribution in [0.25, 0.3) is 6.08 Å². The highest BCUT2D eigenvalue weighted by Gasteiger charge is 2.56. The van der Waals surface area contributed by atoms with Gasteiger partial charge in [0.15, 0.2) is 0 Å². The fraction of sp³-hybridized carbons (Fsp3) is 0.176. The van der Waals surface area contributed by atoms with Crippen molar-refractivity contribution in [1.29, 1.82) is 0 Å². The van der Waals surface area contributed by atoms with Crippen molar-refractivity contribution in [3.8, 4) is 0 Å². The van der Waals surface area contributed by atoms with Gasteiger partial charge in [-0.05, 0) is 17.7 Å². The van der Waals surface area contributed by atoms with E-state index in [1.165, 1.54) is 12.1 Å². The molecule has 2 aromatic carbocycles. The average Bonchev–Trinajstić information content (AvgIpc) is 2.51. The maximum Gasteiger partial charge on any atom is 0.425 e. The molecule has 7 heteroatoms. The number of hydrogen-bond donors (Lipinski definition) is 1. The molecule has 2 rings (SSSR count). The largest absolute Gasteiger partial charge is 0.425 e. The SMILES string of the molecule is OC(C=Cc1ccccc1)(c1ccccc1C(F)(F)F)C(F)(F)F. The van der Waals surface area contributed by atoms with Crippen molar-refractivity contribution in [3.05, 3.63) is 77.4 Å². The molecule has 1 unspecified atom stereocenters. The fourth-order valence-electron chi connectivity index (χ4n) is 2.18. The first-order valence-electron chi connectivity index (χ1n) is 6.76. The topological polar surface area (TPSA) is 20.2 Å². The van der Waals surface area contributed by atoms with Crippen LogP contribution in [-0.2, 0) is 11.8 Å². The third-order valence-electron chi connectivity index (χ3n) is 3.39. The molecule has 24 heavy (non-hydrogen) atoms. The zero-order valence-electron chi connectivity index (χ0n) is 12.1.